The quantitative estimate of drug-likeness (QED) is 0.416. The smallest absolute Gasteiger partial charge is 0.242 e. The summed E-state index contributed by atoms with van der Waals surface area (Å²) < 4.78 is 16.5. The van der Waals surface area contributed by atoms with Gasteiger partial charge in [0.2, 0.25) is 11.8 Å². The van der Waals surface area contributed by atoms with Gasteiger partial charge in [0, 0.05) is 26.1 Å². The van der Waals surface area contributed by atoms with E-state index < -0.39 is 0 Å². The summed E-state index contributed by atoms with van der Waals surface area (Å²) in [5.41, 5.74) is 1.03. The fourth-order valence-electron chi connectivity index (χ4n) is 4.57. The van der Waals surface area contributed by atoms with Gasteiger partial charge in [0.1, 0.15) is 11.5 Å². The van der Waals surface area contributed by atoms with Crippen molar-refractivity contribution in [3.05, 3.63) is 47.4 Å². The van der Waals surface area contributed by atoms with E-state index in [-0.39, 0.29) is 18.4 Å². The van der Waals surface area contributed by atoms with Crippen molar-refractivity contribution < 1.29 is 23.5 Å². The Morgan fingerprint density at radius 1 is 0.944 bits per heavy atom. The highest BCUT2D eigenvalue weighted by Gasteiger charge is 2.23. The zero-order valence-corrected chi connectivity index (χ0v) is 22.3. The number of piperidine rings is 1. The Bertz CT molecular complexity index is 983. The molecule has 8 heteroatoms. The fraction of sp³-hybridized carbons (Fsp3) is 0.571. The lowest BCUT2D eigenvalue weighted by molar-refractivity contribution is -0.141. The molecule has 0 atom stereocenters. The largest absolute Gasteiger partial charge is 0.493 e. The number of carbonyl (C=O) groups excluding carboxylic acids is 2. The molecular weight excluding hydrogens is 458 g/mol. The van der Waals surface area contributed by atoms with Crippen LogP contribution in [0.15, 0.2) is 34.7 Å². The lowest BCUT2D eigenvalue weighted by atomic mass is 10.1. The molecule has 2 aromatic rings. The first-order chi connectivity index (χ1) is 17.4. The maximum atomic E-state index is 13.5. The van der Waals surface area contributed by atoms with Crippen LogP contribution in [-0.2, 0) is 22.6 Å². The summed E-state index contributed by atoms with van der Waals surface area (Å²) in [5, 5.41) is 0. The standard InChI is InChI=1S/C28H41N3O5/c1-5-27(32)31(18-17-29-14-7-6-8-15-29)21-28(33)30(20-24-11-9-22(2)36-24)16-13-23-10-12-25(34-3)26(19-23)35-4/h9-12,19H,5-8,13-18,20-21H2,1-4H3. The Morgan fingerprint density at radius 3 is 2.33 bits per heavy atom. The maximum Gasteiger partial charge on any atom is 0.242 e. The number of ether oxygens (including phenoxy) is 2. The molecule has 1 aliphatic heterocycles. The molecule has 1 aromatic carbocycles. The first-order valence-electron chi connectivity index (χ1n) is 13.0. The summed E-state index contributed by atoms with van der Waals surface area (Å²) in [5.74, 6) is 2.80. The van der Waals surface area contributed by atoms with Gasteiger partial charge in [-0.3, -0.25) is 9.59 Å². The highest BCUT2D eigenvalue weighted by atomic mass is 16.5. The number of hydrogen-bond donors (Lipinski definition) is 0. The van der Waals surface area contributed by atoms with Gasteiger partial charge in [-0.15, -0.1) is 0 Å². The van der Waals surface area contributed by atoms with Crippen LogP contribution in [0.1, 0.15) is 49.7 Å². The third-order valence-corrected chi connectivity index (χ3v) is 6.73. The average molecular weight is 500 g/mol. The molecule has 0 spiro atoms. The molecule has 0 saturated carbocycles. The van der Waals surface area contributed by atoms with Gasteiger partial charge in [-0.1, -0.05) is 19.4 Å². The van der Waals surface area contributed by atoms with E-state index in [1.807, 2.05) is 44.2 Å². The molecule has 3 rings (SSSR count). The highest BCUT2D eigenvalue weighted by molar-refractivity contribution is 5.84. The number of amides is 2. The van der Waals surface area contributed by atoms with Crippen LogP contribution in [0.5, 0.6) is 11.5 Å². The number of aryl methyl sites for hydroxylation is 1. The van der Waals surface area contributed by atoms with Gasteiger partial charge in [0.25, 0.3) is 0 Å². The van der Waals surface area contributed by atoms with E-state index >= 15 is 0 Å². The van der Waals surface area contributed by atoms with Crippen LogP contribution >= 0.6 is 0 Å². The first kappa shape index (κ1) is 27.6. The lowest BCUT2D eigenvalue weighted by Gasteiger charge is -2.31. The number of furan rings is 1. The van der Waals surface area contributed by atoms with Gasteiger partial charge in [-0.05, 0) is 69.1 Å². The second-order valence-corrected chi connectivity index (χ2v) is 9.34. The molecule has 2 heterocycles. The molecule has 1 aromatic heterocycles. The first-order valence-corrected chi connectivity index (χ1v) is 13.0. The minimum Gasteiger partial charge on any atom is -0.493 e. The van der Waals surface area contributed by atoms with E-state index in [1.54, 1.807) is 24.0 Å². The predicted octanol–water partition coefficient (Wildman–Crippen LogP) is 3.90. The third kappa shape index (κ3) is 8.01. The molecule has 0 aliphatic carbocycles. The van der Waals surface area contributed by atoms with E-state index in [2.05, 4.69) is 4.90 Å². The minimum absolute atomic E-state index is 0.00837. The van der Waals surface area contributed by atoms with Crippen molar-refractivity contribution >= 4 is 11.8 Å². The van der Waals surface area contributed by atoms with Crippen molar-refractivity contribution in [2.24, 2.45) is 0 Å². The summed E-state index contributed by atoms with van der Waals surface area (Å²) in [7, 11) is 3.22. The van der Waals surface area contributed by atoms with Crippen molar-refractivity contribution in [1.82, 2.24) is 14.7 Å². The van der Waals surface area contributed by atoms with Crippen LogP contribution in [0.3, 0.4) is 0 Å². The summed E-state index contributed by atoms with van der Waals surface area (Å²) in [6.45, 7) is 8.18. The zero-order valence-electron chi connectivity index (χ0n) is 22.3. The fourth-order valence-corrected chi connectivity index (χ4v) is 4.57. The van der Waals surface area contributed by atoms with E-state index in [0.717, 1.165) is 36.7 Å². The van der Waals surface area contributed by atoms with Gasteiger partial charge in [0.05, 0.1) is 27.3 Å². The van der Waals surface area contributed by atoms with E-state index in [0.29, 0.717) is 44.0 Å². The average Bonchev–Trinajstić information content (AvgIpc) is 3.32. The van der Waals surface area contributed by atoms with Crippen LogP contribution in [0.25, 0.3) is 0 Å². The number of hydrogen-bond acceptors (Lipinski definition) is 6. The minimum atomic E-state index is -0.0787. The highest BCUT2D eigenvalue weighted by Crippen LogP contribution is 2.28. The SMILES string of the molecule is CCC(=O)N(CCN1CCCCC1)CC(=O)N(CCc1ccc(OC)c(OC)c1)Cc1ccc(C)o1. The van der Waals surface area contributed by atoms with E-state index in [4.69, 9.17) is 13.9 Å². The second kappa shape index (κ2) is 13.9. The monoisotopic (exact) mass is 499 g/mol. The van der Waals surface area contributed by atoms with Crippen molar-refractivity contribution in [3.63, 3.8) is 0 Å². The third-order valence-electron chi connectivity index (χ3n) is 6.73. The Hall–Kier alpha value is -3.00. The molecule has 36 heavy (non-hydrogen) atoms. The molecule has 198 valence electrons. The van der Waals surface area contributed by atoms with Crippen molar-refractivity contribution in [2.45, 2.75) is 52.5 Å². The van der Waals surface area contributed by atoms with Crippen molar-refractivity contribution in [2.75, 3.05) is 53.5 Å². The summed E-state index contributed by atoms with van der Waals surface area (Å²) in [4.78, 5) is 32.1. The number of methoxy groups -OCH3 is 2. The van der Waals surface area contributed by atoms with E-state index in [1.165, 1.54) is 19.3 Å². The van der Waals surface area contributed by atoms with Crippen LogP contribution in [-0.4, -0.2) is 80.0 Å². The van der Waals surface area contributed by atoms with Crippen LogP contribution in [0, 0.1) is 6.92 Å². The zero-order chi connectivity index (χ0) is 25.9. The van der Waals surface area contributed by atoms with Gasteiger partial charge < -0.3 is 28.6 Å². The Morgan fingerprint density at radius 2 is 1.69 bits per heavy atom. The maximum absolute atomic E-state index is 13.5. The number of carbonyl (C=O) groups is 2. The van der Waals surface area contributed by atoms with E-state index in [9.17, 15) is 9.59 Å². The number of likely N-dealkylation sites (tertiary alicyclic amines) is 1. The molecular formula is C28H41N3O5. The van der Waals surface area contributed by atoms with Gasteiger partial charge in [-0.2, -0.15) is 0 Å². The summed E-state index contributed by atoms with van der Waals surface area (Å²) >= 11 is 0. The molecule has 0 bridgehead atoms. The Balaban J connectivity index is 1.69. The molecule has 1 aliphatic rings. The molecule has 0 unspecified atom stereocenters. The molecule has 1 fully saturated rings. The number of benzene rings is 1. The Kier molecular flexibility index (Phi) is 10.7. The topological polar surface area (TPSA) is 75.5 Å². The molecule has 2 amide bonds. The predicted molar refractivity (Wildman–Crippen MR) is 139 cm³/mol. The summed E-state index contributed by atoms with van der Waals surface area (Å²) in [6, 6.07) is 9.59. The van der Waals surface area contributed by atoms with Crippen LogP contribution < -0.4 is 9.47 Å². The summed E-state index contributed by atoms with van der Waals surface area (Å²) in [6.07, 6.45) is 4.70. The normalized spacial score (nSPS) is 13.9. The molecule has 8 nitrogen and oxygen atoms in total. The molecule has 1 saturated heterocycles. The molecule has 0 N–H and O–H groups in total. The number of nitrogens with zero attached hydrogens (tertiary/aromatic N) is 3. The van der Waals surface area contributed by atoms with Gasteiger partial charge in [-0.25, -0.2) is 0 Å². The van der Waals surface area contributed by atoms with Crippen LogP contribution in [0.2, 0.25) is 0 Å². The Labute approximate surface area is 215 Å². The van der Waals surface area contributed by atoms with Crippen molar-refractivity contribution in [3.8, 4) is 11.5 Å². The van der Waals surface area contributed by atoms with Gasteiger partial charge in [0.15, 0.2) is 11.5 Å². The lowest BCUT2D eigenvalue weighted by Crippen LogP contribution is -2.46. The van der Waals surface area contributed by atoms with Crippen LogP contribution in [0.4, 0.5) is 0 Å². The second-order valence-electron chi connectivity index (χ2n) is 9.34. The van der Waals surface area contributed by atoms with Gasteiger partial charge >= 0.3 is 0 Å². The molecule has 0 radical (unpaired) electrons. The van der Waals surface area contributed by atoms with Crippen molar-refractivity contribution in [1.29, 1.82) is 0 Å². The number of rotatable bonds is 13.